The largest absolute Gasteiger partial charge is 0.324 e. The number of nitrogens with two attached hydrogens (primary N) is 1. The van der Waals surface area contributed by atoms with Gasteiger partial charge in [0.1, 0.15) is 12.9 Å². The second-order valence-corrected chi connectivity index (χ2v) is 5.61. The first-order chi connectivity index (χ1) is 9.36. The Morgan fingerprint density at radius 3 is 2.80 bits per heavy atom. The third-order valence-corrected chi connectivity index (χ3v) is 3.53. The summed E-state index contributed by atoms with van der Waals surface area (Å²) in [6.07, 6.45) is 1.30. The van der Waals surface area contributed by atoms with Gasteiger partial charge >= 0.3 is 0 Å². The topological polar surface area (TPSA) is 133 Å². The summed E-state index contributed by atoms with van der Waals surface area (Å²) >= 11 is 0. The number of aromatic nitrogens is 4. The number of hydrogen-bond acceptors (Lipinski definition) is 6. The molecule has 0 aliphatic carbocycles. The third-order valence-electron chi connectivity index (χ3n) is 2.48. The number of aryl methyl sites for hydroxylation is 1. The SMILES string of the molecule is Cc1ccc(NC(=O)Cn2cnnn2)cc1S(N)(=O)=O. The molecule has 9 nitrogen and oxygen atoms in total. The smallest absolute Gasteiger partial charge is 0.246 e. The van der Waals surface area contributed by atoms with Gasteiger partial charge in [-0.2, -0.15) is 0 Å². The number of amides is 1. The van der Waals surface area contributed by atoms with Gasteiger partial charge in [-0.05, 0) is 35.0 Å². The second kappa shape index (κ2) is 5.35. The zero-order valence-corrected chi connectivity index (χ0v) is 11.3. The first-order valence-corrected chi connectivity index (χ1v) is 7.05. The van der Waals surface area contributed by atoms with Crippen molar-refractivity contribution < 1.29 is 13.2 Å². The highest BCUT2D eigenvalue weighted by molar-refractivity contribution is 7.89. The van der Waals surface area contributed by atoms with Crippen LogP contribution >= 0.6 is 0 Å². The van der Waals surface area contributed by atoms with Crippen molar-refractivity contribution in [2.45, 2.75) is 18.4 Å². The summed E-state index contributed by atoms with van der Waals surface area (Å²) in [7, 11) is -3.83. The molecule has 1 aromatic heterocycles. The maximum Gasteiger partial charge on any atom is 0.246 e. The van der Waals surface area contributed by atoms with E-state index in [0.29, 0.717) is 11.3 Å². The zero-order chi connectivity index (χ0) is 14.8. The van der Waals surface area contributed by atoms with Crippen LogP contribution in [0.4, 0.5) is 5.69 Å². The van der Waals surface area contributed by atoms with E-state index in [2.05, 4.69) is 20.8 Å². The Bertz CT molecular complexity index is 725. The number of anilines is 1. The zero-order valence-electron chi connectivity index (χ0n) is 10.5. The number of hydrogen-bond donors (Lipinski definition) is 2. The van der Waals surface area contributed by atoms with Gasteiger partial charge in [0.2, 0.25) is 15.9 Å². The fraction of sp³-hybridized carbons (Fsp3) is 0.200. The Labute approximate surface area is 114 Å². The molecule has 2 rings (SSSR count). The van der Waals surface area contributed by atoms with E-state index in [-0.39, 0.29) is 17.3 Å². The van der Waals surface area contributed by atoms with Gasteiger partial charge in [0.05, 0.1) is 4.90 Å². The quantitative estimate of drug-likeness (QED) is 0.764. The summed E-state index contributed by atoms with van der Waals surface area (Å²) in [6.45, 7) is 1.54. The molecule has 3 N–H and O–H groups in total. The highest BCUT2D eigenvalue weighted by Crippen LogP contribution is 2.18. The minimum atomic E-state index is -3.83. The molecule has 1 amide bonds. The number of sulfonamides is 1. The van der Waals surface area contributed by atoms with E-state index in [1.165, 1.54) is 17.1 Å². The van der Waals surface area contributed by atoms with Gasteiger partial charge < -0.3 is 5.32 Å². The Balaban J connectivity index is 2.16. The molecular weight excluding hydrogens is 284 g/mol. The van der Waals surface area contributed by atoms with E-state index >= 15 is 0 Å². The molecule has 0 spiro atoms. The summed E-state index contributed by atoms with van der Waals surface area (Å²) in [4.78, 5) is 11.7. The molecule has 0 saturated carbocycles. The number of rotatable bonds is 4. The maximum absolute atomic E-state index is 11.7. The highest BCUT2D eigenvalue weighted by Gasteiger charge is 2.13. The summed E-state index contributed by atoms with van der Waals surface area (Å²) in [5.41, 5.74) is 0.837. The van der Waals surface area contributed by atoms with E-state index in [1.807, 2.05) is 0 Å². The average Bonchev–Trinajstić information content (AvgIpc) is 2.83. The lowest BCUT2D eigenvalue weighted by molar-refractivity contribution is -0.116. The van der Waals surface area contributed by atoms with E-state index in [1.54, 1.807) is 19.1 Å². The molecule has 0 fully saturated rings. The normalized spacial score (nSPS) is 11.3. The van der Waals surface area contributed by atoms with Crippen molar-refractivity contribution in [3.63, 3.8) is 0 Å². The molecule has 1 heterocycles. The van der Waals surface area contributed by atoms with Crippen LogP contribution in [0.5, 0.6) is 0 Å². The second-order valence-electron chi connectivity index (χ2n) is 4.08. The first-order valence-electron chi connectivity index (χ1n) is 5.50. The number of primary sulfonamides is 1. The molecule has 0 atom stereocenters. The number of carbonyl (C=O) groups excluding carboxylic acids is 1. The molecule has 0 unspecified atom stereocenters. The lowest BCUT2D eigenvalue weighted by Crippen LogP contribution is -2.20. The molecule has 106 valence electrons. The lowest BCUT2D eigenvalue weighted by Gasteiger charge is -2.08. The minimum absolute atomic E-state index is 0.0299. The monoisotopic (exact) mass is 296 g/mol. The van der Waals surface area contributed by atoms with Crippen molar-refractivity contribution in [2.24, 2.45) is 5.14 Å². The average molecular weight is 296 g/mol. The summed E-state index contributed by atoms with van der Waals surface area (Å²) in [5.74, 6) is -0.387. The fourth-order valence-corrected chi connectivity index (χ4v) is 2.39. The molecule has 0 bridgehead atoms. The number of carbonyl (C=O) groups is 1. The van der Waals surface area contributed by atoms with Crippen LogP contribution in [0.15, 0.2) is 29.4 Å². The van der Waals surface area contributed by atoms with Crippen LogP contribution < -0.4 is 10.5 Å². The number of benzene rings is 1. The summed E-state index contributed by atoms with van der Waals surface area (Å²) in [5, 5.41) is 18.0. The molecule has 0 saturated heterocycles. The van der Waals surface area contributed by atoms with Crippen LogP contribution in [0.2, 0.25) is 0 Å². The lowest BCUT2D eigenvalue weighted by atomic mass is 10.2. The van der Waals surface area contributed by atoms with Crippen LogP contribution in [0.1, 0.15) is 5.56 Å². The Hall–Kier alpha value is -2.33. The fourth-order valence-electron chi connectivity index (χ4n) is 1.58. The van der Waals surface area contributed by atoms with E-state index < -0.39 is 10.0 Å². The van der Waals surface area contributed by atoms with Gasteiger partial charge in [0.25, 0.3) is 0 Å². The first kappa shape index (κ1) is 14.1. The predicted molar refractivity (Wildman–Crippen MR) is 69.0 cm³/mol. The Morgan fingerprint density at radius 2 is 2.20 bits per heavy atom. The van der Waals surface area contributed by atoms with Crippen LogP contribution in [0.25, 0.3) is 0 Å². The van der Waals surface area contributed by atoms with Gasteiger partial charge in [-0.15, -0.1) is 5.10 Å². The minimum Gasteiger partial charge on any atom is -0.324 e. The van der Waals surface area contributed by atoms with Crippen LogP contribution in [0, 0.1) is 6.92 Å². The molecule has 1 aromatic carbocycles. The maximum atomic E-state index is 11.7. The van der Waals surface area contributed by atoms with E-state index in [9.17, 15) is 13.2 Å². The predicted octanol–water partition coefficient (Wildman–Crippen LogP) is -0.732. The van der Waals surface area contributed by atoms with Gasteiger partial charge in [0, 0.05) is 5.69 Å². The van der Waals surface area contributed by atoms with Gasteiger partial charge in [0.15, 0.2) is 0 Å². The van der Waals surface area contributed by atoms with Crippen molar-refractivity contribution in [3.05, 3.63) is 30.1 Å². The van der Waals surface area contributed by atoms with Gasteiger partial charge in [-0.25, -0.2) is 18.2 Å². The number of tetrazole rings is 1. The molecular formula is C10H12N6O3S. The molecule has 0 aliphatic heterocycles. The summed E-state index contributed by atoms with van der Waals surface area (Å²) in [6, 6.07) is 4.45. The van der Waals surface area contributed by atoms with Crippen LogP contribution in [-0.4, -0.2) is 34.5 Å². The van der Waals surface area contributed by atoms with Crippen molar-refractivity contribution in [3.8, 4) is 0 Å². The summed E-state index contributed by atoms with van der Waals surface area (Å²) < 4.78 is 24.0. The van der Waals surface area contributed by atoms with Gasteiger partial charge in [-0.1, -0.05) is 6.07 Å². The Kier molecular flexibility index (Phi) is 3.77. The van der Waals surface area contributed by atoms with E-state index in [0.717, 1.165) is 0 Å². The van der Waals surface area contributed by atoms with Crippen LogP contribution in [0.3, 0.4) is 0 Å². The van der Waals surface area contributed by atoms with Crippen molar-refractivity contribution in [2.75, 3.05) is 5.32 Å². The van der Waals surface area contributed by atoms with Crippen LogP contribution in [-0.2, 0) is 21.4 Å². The van der Waals surface area contributed by atoms with Gasteiger partial charge in [-0.3, -0.25) is 4.79 Å². The molecule has 20 heavy (non-hydrogen) atoms. The Morgan fingerprint density at radius 1 is 1.45 bits per heavy atom. The van der Waals surface area contributed by atoms with E-state index in [4.69, 9.17) is 5.14 Å². The number of nitrogens with zero attached hydrogens (tertiary/aromatic N) is 4. The van der Waals surface area contributed by atoms with Crippen molar-refractivity contribution in [1.82, 2.24) is 20.2 Å². The molecule has 2 aromatic rings. The van der Waals surface area contributed by atoms with Crippen molar-refractivity contribution in [1.29, 1.82) is 0 Å². The standard InChI is InChI=1S/C10H12N6O3S/c1-7-2-3-8(4-9(7)20(11,18)19)13-10(17)5-16-6-12-14-15-16/h2-4,6H,5H2,1H3,(H,13,17)(H2,11,18,19). The van der Waals surface area contributed by atoms with Crippen molar-refractivity contribution >= 4 is 21.6 Å². The molecule has 10 heteroatoms. The third kappa shape index (κ3) is 3.36. The highest BCUT2D eigenvalue weighted by atomic mass is 32.2. The molecule has 0 aliphatic rings. The number of nitrogens with one attached hydrogen (secondary N) is 1. The molecule has 0 radical (unpaired) electrons.